The summed E-state index contributed by atoms with van der Waals surface area (Å²) in [4.78, 5) is 11.8. The van der Waals surface area contributed by atoms with Gasteiger partial charge in [0.2, 0.25) is 5.79 Å². The van der Waals surface area contributed by atoms with Crippen molar-refractivity contribution in [2.45, 2.75) is 17.5 Å². The molecule has 0 heterocycles. The molecule has 1 unspecified atom stereocenters. The Bertz CT molecular complexity index is 839. The van der Waals surface area contributed by atoms with Crippen LogP contribution < -0.4 is 0 Å². The zero-order valence-corrected chi connectivity index (χ0v) is 16.4. The lowest BCUT2D eigenvalue weighted by atomic mass is 9.81. The smallest absolute Gasteiger partial charge is 0.364 e. The van der Waals surface area contributed by atoms with Gasteiger partial charge in [-0.05, 0) is 24.8 Å². The summed E-state index contributed by atoms with van der Waals surface area (Å²) in [7, 11) is -2.18. The maximum atomic E-state index is 11.8. The van der Waals surface area contributed by atoms with E-state index in [1.807, 2.05) is 0 Å². The first-order valence-corrected chi connectivity index (χ1v) is 10.1. The Morgan fingerprint density at radius 2 is 1.73 bits per heavy atom. The number of thioether (sulfide) groups is 1. The number of hydrogen-bond acceptors (Lipinski definition) is 7. The highest BCUT2D eigenvalue weighted by Crippen LogP contribution is 2.50. The van der Waals surface area contributed by atoms with Crippen LogP contribution >= 0.6 is 11.8 Å². The molecule has 26 heavy (non-hydrogen) atoms. The number of aldehydes is 1. The summed E-state index contributed by atoms with van der Waals surface area (Å²) in [5.41, 5.74) is 0.852. The molecule has 0 aliphatic heterocycles. The third kappa shape index (κ3) is 3.58. The largest absolute Gasteiger partial charge is 0.446 e. The van der Waals surface area contributed by atoms with Gasteiger partial charge in [0.1, 0.15) is 0 Å². The Labute approximate surface area is 157 Å². The van der Waals surface area contributed by atoms with Gasteiger partial charge in [-0.25, -0.2) is 0 Å². The van der Waals surface area contributed by atoms with Crippen molar-refractivity contribution in [2.75, 3.05) is 20.5 Å². The minimum atomic E-state index is -4.84. The molecule has 0 radical (unpaired) electrons. The summed E-state index contributed by atoms with van der Waals surface area (Å²) >= 11 is 1.23. The highest BCUT2D eigenvalue weighted by atomic mass is 32.3. The van der Waals surface area contributed by atoms with Crippen molar-refractivity contribution >= 4 is 34.0 Å². The van der Waals surface area contributed by atoms with Crippen molar-refractivity contribution < 1.29 is 31.4 Å². The highest BCUT2D eigenvalue weighted by Gasteiger charge is 2.51. The van der Waals surface area contributed by atoms with E-state index >= 15 is 0 Å². The fourth-order valence-corrected chi connectivity index (χ4v) is 4.04. The van der Waals surface area contributed by atoms with E-state index in [2.05, 4.69) is 0 Å². The van der Waals surface area contributed by atoms with Crippen molar-refractivity contribution in [1.82, 2.24) is 0 Å². The number of rotatable bonds is 7. The molecule has 0 saturated carbocycles. The lowest BCUT2D eigenvalue weighted by Crippen LogP contribution is -2.46. The Morgan fingerprint density at radius 3 is 2.15 bits per heavy atom. The lowest BCUT2D eigenvalue weighted by molar-refractivity contribution is -0.141. The number of methoxy groups -OCH3 is 2. The number of benzene rings is 1. The van der Waals surface area contributed by atoms with E-state index in [1.54, 1.807) is 43.5 Å². The molecule has 0 spiro atoms. The Hall–Kier alpha value is -1.65. The molecule has 142 valence electrons. The van der Waals surface area contributed by atoms with Gasteiger partial charge in [-0.2, -0.15) is 8.42 Å². The standard InChI is InChI=1S/C17H20O7S2/c1-16(25-4)10-13(11-18)17(22-2,23-3)14(12-8-6-5-7-9-12)15(16)24-26(19,20)21/h5-11H,1-4H3,(H,19,20,21). The lowest BCUT2D eigenvalue weighted by Gasteiger charge is -2.42. The summed E-state index contributed by atoms with van der Waals surface area (Å²) in [5, 5.41) is 0. The minimum Gasteiger partial charge on any atom is -0.364 e. The molecule has 0 amide bonds. The van der Waals surface area contributed by atoms with Crippen LogP contribution in [0.1, 0.15) is 12.5 Å². The molecule has 0 aromatic heterocycles. The van der Waals surface area contributed by atoms with Gasteiger partial charge < -0.3 is 13.7 Å². The predicted molar refractivity (Wildman–Crippen MR) is 98.8 cm³/mol. The van der Waals surface area contributed by atoms with E-state index in [-0.39, 0.29) is 16.9 Å². The summed E-state index contributed by atoms with van der Waals surface area (Å²) in [6.07, 6.45) is 3.82. The molecule has 7 nitrogen and oxygen atoms in total. The number of ether oxygens (including phenoxy) is 2. The van der Waals surface area contributed by atoms with Gasteiger partial charge in [0.15, 0.2) is 12.0 Å². The van der Waals surface area contributed by atoms with E-state index in [4.69, 9.17) is 13.7 Å². The molecule has 1 aliphatic rings. The first-order valence-electron chi connectivity index (χ1n) is 7.49. The minimum absolute atomic E-state index is 0.104. The zero-order chi connectivity index (χ0) is 19.6. The zero-order valence-electron chi connectivity index (χ0n) is 14.8. The van der Waals surface area contributed by atoms with Crippen LogP contribution in [0, 0.1) is 0 Å². The second-order valence-electron chi connectivity index (χ2n) is 5.63. The summed E-state index contributed by atoms with van der Waals surface area (Å²) in [6, 6.07) is 8.65. The average molecular weight is 400 g/mol. The molecule has 1 atom stereocenters. The van der Waals surface area contributed by atoms with Crippen LogP contribution in [0.15, 0.2) is 47.7 Å². The van der Waals surface area contributed by atoms with Gasteiger partial charge in [0, 0.05) is 14.2 Å². The van der Waals surface area contributed by atoms with Gasteiger partial charge >= 0.3 is 10.4 Å². The van der Waals surface area contributed by atoms with Crippen molar-refractivity contribution in [1.29, 1.82) is 0 Å². The monoisotopic (exact) mass is 400 g/mol. The molecule has 1 aromatic rings. The normalized spacial score (nSPS) is 22.7. The van der Waals surface area contributed by atoms with Gasteiger partial charge in [0.05, 0.1) is 15.9 Å². The number of carbonyl (C=O) groups is 1. The van der Waals surface area contributed by atoms with Crippen molar-refractivity contribution in [2.24, 2.45) is 0 Å². The molecule has 0 bridgehead atoms. The van der Waals surface area contributed by atoms with Gasteiger partial charge in [-0.1, -0.05) is 30.3 Å². The van der Waals surface area contributed by atoms with Crippen LogP contribution in [0.2, 0.25) is 0 Å². The maximum Gasteiger partial charge on any atom is 0.446 e. The number of hydrogen-bond donors (Lipinski definition) is 1. The first kappa shape index (κ1) is 20.7. The fourth-order valence-electron chi connectivity index (χ4n) is 2.94. The van der Waals surface area contributed by atoms with Crippen LogP contribution in [0.25, 0.3) is 5.57 Å². The van der Waals surface area contributed by atoms with Crippen LogP contribution in [0.3, 0.4) is 0 Å². The predicted octanol–water partition coefficient (Wildman–Crippen LogP) is 2.47. The molecule has 1 aromatic carbocycles. The van der Waals surface area contributed by atoms with Gasteiger partial charge in [-0.15, -0.1) is 11.8 Å². The molecule has 9 heteroatoms. The molecular weight excluding hydrogens is 380 g/mol. The second-order valence-corrected chi connectivity index (χ2v) is 7.91. The van der Waals surface area contributed by atoms with E-state index in [9.17, 15) is 17.8 Å². The quantitative estimate of drug-likeness (QED) is 0.423. The summed E-state index contributed by atoms with van der Waals surface area (Å²) < 4.78 is 47.4. The van der Waals surface area contributed by atoms with Crippen molar-refractivity contribution in [3.05, 3.63) is 53.3 Å². The van der Waals surface area contributed by atoms with E-state index < -0.39 is 20.9 Å². The van der Waals surface area contributed by atoms with E-state index in [0.29, 0.717) is 11.8 Å². The van der Waals surface area contributed by atoms with E-state index in [1.165, 1.54) is 32.1 Å². The van der Waals surface area contributed by atoms with Crippen LogP contribution in [-0.4, -0.2) is 50.3 Å². The van der Waals surface area contributed by atoms with Crippen LogP contribution in [0.5, 0.6) is 0 Å². The SMILES string of the molecule is COC1(OC)C(C=O)=CC(C)(SC)C(OS(=O)(=O)O)=C1c1ccccc1. The summed E-state index contributed by atoms with van der Waals surface area (Å²) in [5.74, 6) is -1.80. The van der Waals surface area contributed by atoms with Crippen molar-refractivity contribution in [3.63, 3.8) is 0 Å². The molecule has 2 rings (SSSR count). The van der Waals surface area contributed by atoms with E-state index in [0.717, 1.165) is 0 Å². The molecule has 1 N–H and O–H groups in total. The topological polar surface area (TPSA) is 99.1 Å². The average Bonchev–Trinajstić information content (AvgIpc) is 2.62. The van der Waals surface area contributed by atoms with Gasteiger partial charge in [-0.3, -0.25) is 9.35 Å². The fraction of sp³-hybridized carbons (Fsp3) is 0.353. The summed E-state index contributed by atoms with van der Waals surface area (Å²) in [6.45, 7) is 1.67. The molecule has 1 aliphatic carbocycles. The van der Waals surface area contributed by atoms with Crippen LogP contribution in [-0.2, 0) is 28.9 Å². The van der Waals surface area contributed by atoms with Gasteiger partial charge in [0.25, 0.3) is 0 Å². The third-order valence-corrected chi connectivity index (χ3v) is 5.72. The Morgan fingerprint density at radius 1 is 1.15 bits per heavy atom. The maximum absolute atomic E-state index is 11.8. The van der Waals surface area contributed by atoms with Crippen LogP contribution in [0.4, 0.5) is 0 Å². The Balaban J connectivity index is 2.96. The molecule has 0 saturated heterocycles. The molecular formula is C17H20O7S2. The third-order valence-electron chi connectivity index (χ3n) is 4.20. The highest BCUT2D eigenvalue weighted by molar-refractivity contribution is 8.00. The van der Waals surface area contributed by atoms with Crippen molar-refractivity contribution in [3.8, 4) is 0 Å². The first-order chi connectivity index (χ1) is 12.2. The molecule has 0 fully saturated rings. The Kier molecular flexibility index (Phi) is 5.99. The second kappa shape index (κ2) is 7.53. The number of carbonyl (C=O) groups excluding carboxylic acids is 1.